The van der Waals surface area contributed by atoms with E-state index in [4.69, 9.17) is 22.0 Å². The monoisotopic (exact) mass is 303 g/mol. The van der Waals surface area contributed by atoms with Gasteiger partial charge in [-0.05, 0) is 30.3 Å². The van der Waals surface area contributed by atoms with Crippen molar-refractivity contribution in [2.45, 2.75) is 6.54 Å². The molecule has 0 saturated heterocycles. The number of nitriles is 1. The van der Waals surface area contributed by atoms with Crippen LogP contribution < -0.4 is 5.32 Å². The smallest absolute Gasteiger partial charge is 0.352 e. The van der Waals surface area contributed by atoms with Crippen LogP contribution in [0.2, 0.25) is 5.02 Å². The first-order valence-electron chi connectivity index (χ1n) is 5.89. The Morgan fingerprint density at radius 3 is 2.76 bits per heavy atom. The molecule has 2 aromatic rings. The first-order chi connectivity index (χ1) is 10.0. The molecule has 0 unspecified atom stereocenters. The first-order valence-corrected chi connectivity index (χ1v) is 6.27. The van der Waals surface area contributed by atoms with Crippen LogP contribution in [0.3, 0.4) is 0 Å². The minimum absolute atomic E-state index is 0.0306. The maximum Gasteiger partial charge on any atom is 0.352 e. The van der Waals surface area contributed by atoms with Crippen LogP contribution in [0, 0.1) is 11.3 Å². The van der Waals surface area contributed by atoms with Gasteiger partial charge >= 0.3 is 5.97 Å². The van der Waals surface area contributed by atoms with E-state index < -0.39 is 11.9 Å². The second kappa shape index (κ2) is 6.11. The predicted molar refractivity (Wildman–Crippen MR) is 76.2 cm³/mol. The lowest BCUT2D eigenvalue weighted by Crippen LogP contribution is -2.20. The van der Waals surface area contributed by atoms with E-state index in [1.54, 1.807) is 12.1 Å². The number of amides is 1. The number of carbonyl (C=O) groups excluding carboxylic acids is 1. The van der Waals surface area contributed by atoms with E-state index in [0.717, 1.165) is 0 Å². The fraction of sp³-hybridized carbons (Fsp3) is 0.0714. The van der Waals surface area contributed by atoms with Gasteiger partial charge in [-0.3, -0.25) is 4.79 Å². The SMILES string of the molecule is N#Cc1ccc(NC(=O)Cn2cccc2C(=O)O)cc1Cl. The number of rotatable bonds is 4. The Hall–Kier alpha value is -2.78. The van der Waals surface area contributed by atoms with E-state index in [9.17, 15) is 9.59 Å². The summed E-state index contributed by atoms with van der Waals surface area (Å²) in [7, 11) is 0. The summed E-state index contributed by atoms with van der Waals surface area (Å²) in [5.41, 5.74) is 0.782. The maximum atomic E-state index is 11.9. The van der Waals surface area contributed by atoms with Gasteiger partial charge in [-0.25, -0.2) is 4.79 Å². The van der Waals surface area contributed by atoms with E-state index in [0.29, 0.717) is 11.3 Å². The topological polar surface area (TPSA) is 95.1 Å². The molecule has 1 aromatic heterocycles. The molecule has 0 aliphatic rings. The molecule has 1 heterocycles. The molecule has 1 aromatic carbocycles. The Kier molecular flexibility index (Phi) is 4.26. The third kappa shape index (κ3) is 3.41. The van der Waals surface area contributed by atoms with Crippen molar-refractivity contribution in [2.24, 2.45) is 0 Å². The fourth-order valence-electron chi connectivity index (χ4n) is 1.78. The average molecular weight is 304 g/mol. The van der Waals surface area contributed by atoms with Crippen LogP contribution in [-0.2, 0) is 11.3 Å². The molecule has 0 spiro atoms. The minimum atomic E-state index is -1.10. The highest BCUT2D eigenvalue weighted by molar-refractivity contribution is 6.32. The van der Waals surface area contributed by atoms with Crippen LogP contribution in [-0.4, -0.2) is 21.6 Å². The molecule has 21 heavy (non-hydrogen) atoms. The summed E-state index contributed by atoms with van der Waals surface area (Å²) >= 11 is 5.87. The van der Waals surface area contributed by atoms with Crippen molar-refractivity contribution >= 4 is 29.2 Å². The number of nitrogens with one attached hydrogen (secondary N) is 1. The van der Waals surface area contributed by atoms with Gasteiger partial charge in [0.15, 0.2) is 0 Å². The molecule has 7 heteroatoms. The molecular formula is C14H10ClN3O3. The van der Waals surface area contributed by atoms with E-state index in [2.05, 4.69) is 5.32 Å². The number of aromatic carboxylic acids is 1. The zero-order chi connectivity index (χ0) is 15.4. The highest BCUT2D eigenvalue weighted by Crippen LogP contribution is 2.20. The molecule has 0 aliphatic heterocycles. The lowest BCUT2D eigenvalue weighted by Gasteiger charge is -2.08. The number of carbonyl (C=O) groups is 2. The molecule has 0 aliphatic carbocycles. The van der Waals surface area contributed by atoms with Gasteiger partial charge in [-0.15, -0.1) is 0 Å². The van der Waals surface area contributed by atoms with Crippen molar-refractivity contribution in [1.29, 1.82) is 5.26 Å². The quantitative estimate of drug-likeness (QED) is 0.906. The molecule has 106 valence electrons. The second-order valence-corrected chi connectivity index (χ2v) is 4.59. The van der Waals surface area contributed by atoms with Gasteiger partial charge in [0.1, 0.15) is 18.3 Å². The van der Waals surface area contributed by atoms with E-state index in [-0.39, 0.29) is 17.3 Å². The summed E-state index contributed by atoms with van der Waals surface area (Å²) in [6.07, 6.45) is 1.51. The second-order valence-electron chi connectivity index (χ2n) is 4.18. The molecule has 0 radical (unpaired) electrons. The fourth-order valence-corrected chi connectivity index (χ4v) is 2.01. The zero-order valence-corrected chi connectivity index (χ0v) is 11.5. The number of carboxylic acids is 1. The number of benzene rings is 1. The Morgan fingerprint density at radius 1 is 1.38 bits per heavy atom. The number of nitrogens with zero attached hydrogens (tertiary/aromatic N) is 2. The standard InChI is InChI=1S/C14H10ClN3O3/c15-11-6-10(4-3-9(11)7-16)17-13(19)8-18-5-1-2-12(18)14(20)21/h1-6H,8H2,(H,17,19)(H,20,21). The summed E-state index contributed by atoms with van der Waals surface area (Å²) < 4.78 is 1.32. The molecule has 0 atom stereocenters. The normalized spacial score (nSPS) is 9.90. The zero-order valence-electron chi connectivity index (χ0n) is 10.7. The van der Waals surface area contributed by atoms with Crippen molar-refractivity contribution < 1.29 is 14.7 Å². The van der Waals surface area contributed by atoms with Crippen molar-refractivity contribution in [3.8, 4) is 6.07 Å². The summed E-state index contributed by atoms with van der Waals surface area (Å²) in [6.45, 7) is -0.133. The Morgan fingerprint density at radius 2 is 2.14 bits per heavy atom. The minimum Gasteiger partial charge on any atom is -0.477 e. The van der Waals surface area contributed by atoms with Crippen molar-refractivity contribution in [2.75, 3.05) is 5.32 Å². The molecule has 6 nitrogen and oxygen atoms in total. The molecular weight excluding hydrogens is 294 g/mol. The van der Waals surface area contributed by atoms with Gasteiger partial charge in [-0.1, -0.05) is 11.6 Å². The highest BCUT2D eigenvalue weighted by Gasteiger charge is 2.12. The third-order valence-electron chi connectivity index (χ3n) is 2.74. The van der Waals surface area contributed by atoms with E-state index in [1.165, 1.54) is 29.0 Å². The Labute approximate surface area is 125 Å². The van der Waals surface area contributed by atoms with Crippen LogP contribution in [0.25, 0.3) is 0 Å². The van der Waals surface area contributed by atoms with Gasteiger partial charge in [0.05, 0.1) is 10.6 Å². The van der Waals surface area contributed by atoms with Crippen LogP contribution in [0.5, 0.6) is 0 Å². The van der Waals surface area contributed by atoms with E-state index >= 15 is 0 Å². The number of anilines is 1. The predicted octanol–water partition coefficient (Wildman–Crippen LogP) is 2.35. The van der Waals surface area contributed by atoms with Gasteiger partial charge in [0.2, 0.25) is 5.91 Å². The average Bonchev–Trinajstić information content (AvgIpc) is 2.87. The van der Waals surface area contributed by atoms with Crippen molar-refractivity contribution in [3.05, 3.63) is 52.8 Å². The van der Waals surface area contributed by atoms with Gasteiger partial charge < -0.3 is 15.0 Å². The molecule has 2 rings (SSSR count). The number of hydrogen-bond acceptors (Lipinski definition) is 3. The van der Waals surface area contributed by atoms with Gasteiger partial charge in [-0.2, -0.15) is 5.26 Å². The van der Waals surface area contributed by atoms with Gasteiger partial charge in [0, 0.05) is 11.9 Å². The molecule has 0 fully saturated rings. The van der Waals surface area contributed by atoms with Crippen LogP contribution in [0.15, 0.2) is 36.5 Å². The van der Waals surface area contributed by atoms with Crippen LogP contribution >= 0.6 is 11.6 Å². The number of hydrogen-bond donors (Lipinski definition) is 2. The highest BCUT2D eigenvalue weighted by atomic mass is 35.5. The Bertz CT molecular complexity index is 746. The number of aromatic nitrogens is 1. The summed E-state index contributed by atoms with van der Waals surface area (Å²) in [6, 6.07) is 9.39. The third-order valence-corrected chi connectivity index (χ3v) is 3.05. The first kappa shape index (κ1) is 14.6. The summed E-state index contributed by atoms with van der Waals surface area (Å²) in [5, 5.41) is 20.5. The molecule has 0 saturated carbocycles. The maximum absolute atomic E-state index is 11.9. The largest absolute Gasteiger partial charge is 0.477 e. The molecule has 1 amide bonds. The van der Waals surface area contributed by atoms with Crippen LogP contribution in [0.1, 0.15) is 16.1 Å². The number of halogens is 1. The molecule has 2 N–H and O–H groups in total. The Balaban J connectivity index is 2.08. The van der Waals surface area contributed by atoms with Crippen molar-refractivity contribution in [1.82, 2.24) is 4.57 Å². The van der Waals surface area contributed by atoms with E-state index in [1.807, 2.05) is 6.07 Å². The summed E-state index contributed by atoms with van der Waals surface area (Å²) in [4.78, 5) is 22.8. The van der Waals surface area contributed by atoms with Crippen LogP contribution in [0.4, 0.5) is 5.69 Å². The lowest BCUT2D eigenvalue weighted by atomic mass is 10.2. The van der Waals surface area contributed by atoms with Gasteiger partial charge in [0.25, 0.3) is 0 Å². The summed E-state index contributed by atoms with van der Waals surface area (Å²) in [5.74, 6) is -1.50. The number of carboxylic acid groups (broad SMARTS) is 1. The van der Waals surface area contributed by atoms with Crippen molar-refractivity contribution in [3.63, 3.8) is 0 Å². The molecule has 0 bridgehead atoms. The lowest BCUT2D eigenvalue weighted by molar-refractivity contribution is -0.116.